The standard InChI is InChI=1S/C13H22N2O4/c1-14-7-8-15(11(9-14)12(16)17)13(18)19-10-5-3-2-4-6-10/h10-11H,2-9H2,1H3,(H,16,17). The van der Waals surface area contributed by atoms with Crippen molar-refractivity contribution in [1.82, 2.24) is 9.80 Å². The molecule has 0 bridgehead atoms. The lowest BCUT2D eigenvalue weighted by atomic mass is 9.98. The van der Waals surface area contributed by atoms with E-state index in [1.54, 1.807) is 0 Å². The molecule has 108 valence electrons. The first-order valence-corrected chi connectivity index (χ1v) is 6.96. The van der Waals surface area contributed by atoms with E-state index in [9.17, 15) is 14.7 Å². The number of carboxylic acids is 1. The molecule has 0 aromatic heterocycles. The Morgan fingerprint density at radius 3 is 2.47 bits per heavy atom. The van der Waals surface area contributed by atoms with Crippen molar-refractivity contribution in [3.05, 3.63) is 0 Å². The first-order valence-electron chi connectivity index (χ1n) is 6.96. The molecule has 1 heterocycles. The first kappa shape index (κ1) is 14.1. The van der Waals surface area contributed by atoms with E-state index in [1.165, 1.54) is 11.3 Å². The van der Waals surface area contributed by atoms with Crippen molar-refractivity contribution >= 4 is 12.1 Å². The normalized spacial score (nSPS) is 26.2. The van der Waals surface area contributed by atoms with Crippen molar-refractivity contribution in [1.29, 1.82) is 0 Å². The minimum Gasteiger partial charge on any atom is -0.480 e. The molecule has 1 atom stereocenters. The quantitative estimate of drug-likeness (QED) is 0.815. The number of carbonyl (C=O) groups is 2. The smallest absolute Gasteiger partial charge is 0.410 e. The van der Waals surface area contributed by atoms with Gasteiger partial charge in [-0.15, -0.1) is 0 Å². The van der Waals surface area contributed by atoms with E-state index >= 15 is 0 Å². The van der Waals surface area contributed by atoms with E-state index in [-0.39, 0.29) is 6.10 Å². The zero-order chi connectivity index (χ0) is 13.8. The number of likely N-dealkylation sites (N-methyl/N-ethyl adjacent to an activating group) is 1. The second-order valence-electron chi connectivity index (χ2n) is 5.45. The molecule has 1 aliphatic carbocycles. The number of hydrogen-bond acceptors (Lipinski definition) is 4. The Bertz CT molecular complexity index is 342. The second-order valence-corrected chi connectivity index (χ2v) is 5.45. The Morgan fingerprint density at radius 1 is 1.16 bits per heavy atom. The molecule has 2 aliphatic rings. The van der Waals surface area contributed by atoms with E-state index < -0.39 is 18.1 Å². The molecule has 0 spiro atoms. The molecule has 1 saturated carbocycles. The highest BCUT2D eigenvalue weighted by molar-refractivity contribution is 5.80. The van der Waals surface area contributed by atoms with Crippen LogP contribution in [0.5, 0.6) is 0 Å². The van der Waals surface area contributed by atoms with Crippen molar-refractivity contribution < 1.29 is 19.4 Å². The van der Waals surface area contributed by atoms with Crippen LogP contribution in [0.3, 0.4) is 0 Å². The summed E-state index contributed by atoms with van der Waals surface area (Å²) in [5.74, 6) is -0.966. The zero-order valence-corrected chi connectivity index (χ0v) is 11.4. The van der Waals surface area contributed by atoms with Crippen LogP contribution in [-0.2, 0) is 9.53 Å². The topological polar surface area (TPSA) is 70.1 Å². The summed E-state index contributed by atoms with van der Waals surface area (Å²) in [6.07, 6.45) is 4.67. The van der Waals surface area contributed by atoms with Gasteiger partial charge in [-0.2, -0.15) is 0 Å². The van der Waals surface area contributed by atoms with Crippen molar-refractivity contribution in [3.63, 3.8) is 0 Å². The molecule has 6 heteroatoms. The van der Waals surface area contributed by atoms with Crippen LogP contribution in [0.1, 0.15) is 32.1 Å². The Kier molecular flexibility index (Phi) is 4.63. The average molecular weight is 270 g/mol. The summed E-state index contributed by atoms with van der Waals surface area (Å²) in [5.41, 5.74) is 0. The lowest BCUT2D eigenvalue weighted by molar-refractivity contribution is -0.145. The third kappa shape index (κ3) is 3.59. The second kappa shape index (κ2) is 6.23. The van der Waals surface area contributed by atoms with E-state index in [1.807, 2.05) is 11.9 Å². The number of hydrogen-bond donors (Lipinski definition) is 1. The average Bonchev–Trinajstić information content (AvgIpc) is 2.39. The predicted octanol–water partition coefficient (Wildman–Crippen LogP) is 1.16. The van der Waals surface area contributed by atoms with Gasteiger partial charge >= 0.3 is 12.1 Å². The fraction of sp³-hybridized carbons (Fsp3) is 0.846. The molecule has 6 nitrogen and oxygen atoms in total. The van der Waals surface area contributed by atoms with E-state index in [0.29, 0.717) is 19.6 Å². The lowest BCUT2D eigenvalue weighted by Crippen LogP contribution is -2.57. The Balaban J connectivity index is 1.93. The molecule has 2 fully saturated rings. The van der Waals surface area contributed by atoms with E-state index in [0.717, 1.165) is 25.7 Å². The Morgan fingerprint density at radius 2 is 1.84 bits per heavy atom. The third-order valence-corrected chi connectivity index (χ3v) is 3.92. The number of carbonyl (C=O) groups excluding carboxylic acids is 1. The maximum absolute atomic E-state index is 12.1. The molecule has 2 rings (SSSR count). The summed E-state index contributed by atoms with van der Waals surface area (Å²) in [4.78, 5) is 26.6. The largest absolute Gasteiger partial charge is 0.480 e. The molecule has 1 amide bonds. The number of nitrogens with zero attached hydrogens (tertiary/aromatic N) is 2. The lowest BCUT2D eigenvalue weighted by Gasteiger charge is -2.37. The predicted molar refractivity (Wildman–Crippen MR) is 69.0 cm³/mol. The first-order chi connectivity index (χ1) is 9.08. The highest BCUT2D eigenvalue weighted by atomic mass is 16.6. The monoisotopic (exact) mass is 270 g/mol. The summed E-state index contributed by atoms with van der Waals surface area (Å²) in [6.45, 7) is 1.46. The van der Waals surface area contributed by atoms with Crippen LogP contribution < -0.4 is 0 Å². The van der Waals surface area contributed by atoms with Gasteiger partial charge in [0.2, 0.25) is 0 Å². The van der Waals surface area contributed by atoms with Gasteiger partial charge in [0.15, 0.2) is 0 Å². The van der Waals surface area contributed by atoms with Crippen LogP contribution in [0.25, 0.3) is 0 Å². The van der Waals surface area contributed by atoms with Crippen LogP contribution in [0, 0.1) is 0 Å². The summed E-state index contributed by atoms with van der Waals surface area (Å²) >= 11 is 0. The minimum atomic E-state index is -0.966. The van der Waals surface area contributed by atoms with Crippen LogP contribution >= 0.6 is 0 Å². The van der Waals surface area contributed by atoms with Gasteiger partial charge in [-0.3, -0.25) is 4.90 Å². The number of piperazine rings is 1. The molecular weight excluding hydrogens is 248 g/mol. The summed E-state index contributed by atoms with van der Waals surface area (Å²) in [6, 6.07) is -0.796. The number of carboxylic acid groups (broad SMARTS) is 1. The van der Waals surface area contributed by atoms with Gasteiger partial charge in [0.25, 0.3) is 0 Å². The number of ether oxygens (including phenoxy) is 1. The Labute approximate surface area is 113 Å². The molecule has 1 N–H and O–H groups in total. The summed E-state index contributed by atoms with van der Waals surface area (Å²) < 4.78 is 5.45. The molecular formula is C13H22N2O4. The number of amides is 1. The molecule has 1 saturated heterocycles. The maximum Gasteiger partial charge on any atom is 0.410 e. The summed E-state index contributed by atoms with van der Waals surface area (Å²) in [5, 5.41) is 9.21. The van der Waals surface area contributed by atoms with Crippen LogP contribution in [0.4, 0.5) is 4.79 Å². The fourth-order valence-electron chi connectivity index (χ4n) is 2.74. The molecule has 0 radical (unpaired) electrons. The van der Waals surface area contributed by atoms with Crippen molar-refractivity contribution in [2.45, 2.75) is 44.2 Å². The molecule has 0 aromatic carbocycles. The van der Waals surface area contributed by atoms with E-state index in [4.69, 9.17) is 4.74 Å². The van der Waals surface area contributed by atoms with Gasteiger partial charge in [0.1, 0.15) is 12.1 Å². The van der Waals surface area contributed by atoms with Gasteiger partial charge < -0.3 is 14.7 Å². The highest BCUT2D eigenvalue weighted by Gasteiger charge is 2.36. The number of rotatable bonds is 2. The molecule has 0 aromatic rings. The SMILES string of the molecule is CN1CCN(C(=O)OC2CCCCC2)C(C(=O)O)C1. The van der Waals surface area contributed by atoms with Gasteiger partial charge in [0, 0.05) is 19.6 Å². The number of aliphatic carboxylic acids is 1. The van der Waals surface area contributed by atoms with Gasteiger partial charge in [-0.25, -0.2) is 9.59 Å². The van der Waals surface area contributed by atoms with Crippen LogP contribution in [-0.4, -0.2) is 65.8 Å². The van der Waals surface area contributed by atoms with Crippen molar-refractivity contribution in [2.75, 3.05) is 26.7 Å². The maximum atomic E-state index is 12.1. The Hall–Kier alpha value is -1.30. The molecule has 1 aliphatic heterocycles. The fourth-order valence-corrected chi connectivity index (χ4v) is 2.74. The molecule has 1 unspecified atom stereocenters. The van der Waals surface area contributed by atoms with Gasteiger partial charge in [-0.1, -0.05) is 6.42 Å². The zero-order valence-electron chi connectivity index (χ0n) is 11.4. The van der Waals surface area contributed by atoms with Crippen LogP contribution in [0.2, 0.25) is 0 Å². The molecule has 19 heavy (non-hydrogen) atoms. The van der Waals surface area contributed by atoms with Gasteiger partial charge in [-0.05, 0) is 32.7 Å². The van der Waals surface area contributed by atoms with Crippen molar-refractivity contribution in [2.24, 2.45) is 0 Å². The minimum absolute atomic E-state index is 0.0321. The van der Waals surface area contributed by atoms with Crippen molar-refractivity contribution in [3.8, 4) is 0 Å². The third-order valence-electron chi connectivity index (χ3n) is 3.92. The van der Waals surface area contributed by atoms with Crippen LogP contribution in [0.15, 0.2) is 0 Å². The highest BCUT2D eigenvalue weighted by Crippen LogP contribution is 2.22. The summed E-state index contributed by atoms with van der Waals surface area (Å²) in [7, 11) is 1.86. The van der Waals surface area contributed by atoms with E-state index in [2.05, 4.69) is 0 Å². The van der Waals surface area contributed by atoms with Gasteiger partial charge in [0.05, 0.1) is 0 Å².